The number of benzene rings is 3. The first-order chi connectivity index (χ1) is 15.6. The number of carbonyl (C=O) groups is 1. The van der Waals surface area contributed by atoms with Gasteiger partial charge in [0, 0.05) is 0 Å². The zero-order chi connectivity index (χ0) is 22.1. The maximum atomic E-state index is 13.3. The van der Waals surface area contributed by atoms with E-state index in [1.54, 1.807) is 11.0 Å². The molecule has 0 bridgehead atoms. The first-order valence-electron chi connectivity index (χ1n) is 10.6. The average molecular weight is 425 g/mol. The van der Waals surface area contributed by atoms with Crippen LogP contribution >= 0.6 is 0 Å². The molecule has 0 amide bonds. The summed E-state index contributed by atoms with van der Waals surface area (Å²) >= 11 is 0. The summed E-state index contributed by atoms with van der Waals surface area (Å²) in [6, 6.07) is 23.3. The zero-order valence-electron chi connectivity index (χ0n) is 17.9. The minimum absolute atomic E-state index is 0.101. The molecule has 3 aromatic carbocycles. The number of Topliss-reactive ketones (excluding diaryl/α,β-unsaturated/α-hetero) is 1. The molecular weight excluding hydrogens is 402 g/mol. The van der Waals surface area contributed by atoms with Gasteiger partial charge in [0.1, 0.15) is 24.2 Å². The van der Waals surface area contributed by atoms with E-state index < -0.39 is 12.2 Å². The van der Waals surface area contributed by atoms with Crippen molar-refractivity contribution in [3.63, 3.8) is 0 Å². The summed E-state index contributed by atoms with van der Waals surface area (Å²) < 4.78 is 11.8. The van der Waals surface area contributed by atoms with E-state index in [9.17, 15) is 4.79 Å². The molecule has 2 heterocycles. The fraction of sp³-hybridized carbons (Fsp3) is 0.192. The molecule has 1 aliphatic rings. The van der Waals surface area contributed by atoms with Gasteiger partial charge in [0.05, 0.1) is 17.4 Å². The number of hydrogen-bond acceptors (Lipinski definition) is 5. The van der Waals surface area contributed by atoms with Crippen LogP contribution in [0.1, 0.15) is 38.8 Å². The largest absolute Gasteiger partial charge is 0.488 e. The number of ether oxygens (including phenoxy) is 2. The number of nitrogens with zero attached hydrogens (tertiary/aromatic N) is 3. The Morgan fingerprint density at radius 1 is 1.00 bits per heavy atom. The smallest absolute Gasteiger partial charge is 0.198 e. The van der Waals surface area contributed by atoms with E-state index in [1.807, 2.05) is 86.6 Å². The van der Waals surface area contributed by atoms with E-state index >= 15 is 0 Å². The number of ketones is 1. The van der Waals surface area contributed by atoms with Crippen molar-refractivity contribution in [2.24, 2.45) is 0 Å². The average Bonchev–Trinajstić information content (AvgIpc) is 3.48. The van der Waals surface area contributed by atoms with E-state index in [1.165, 1.54) is 0 Å². The predicted molar refractivity (Wildman–Crippen MR) is 120 cm³/mol. The Hall–Kier alpha value is -3.77. The second-order valence-electron chi connectivity index (χ2n) is 7.94. The summed E-state index contributed by atoms with van der Waals surface area (Å²) in [5.41, 5.74) is 5.18. The predicted octanol–water partition coefficient (Wildman–Crippen LogP) is 4.79. The first-order valence-corrected chi connectivity index (χ1v) is 10.6. The van der Waals surface area contributed by atoms with Gasteiger partial charge in [-0.3, -0.25) is 4.79 Å². The quantitative estimate of drug-likeness (QED) is 0.315. The third-order valence-corrected chi connectivity index (χ3v) is 5.64. The maximum Gasteiger partial charge on any atom is 0.198 e. The standard InChI is InChI=1S/C26H23N3O3/c1-17-13-21(23(14-18(17)2)31-16-19-9-5-3-6-10-19)24(30)26-25(32-26)22-15-27-29(28-22)20-11-7-4-8-12-20/h3-15,25-26H,16H2,1-2H3/t25-,26+/m1/s1. The number of aryl methyl sites for hydroxylation is 2. The molecule has 4 aromatic rings. The molecule has 32 heavy (non-hydrogen) atoms. The molecule has 6 heteroatoms. The lowest BCUT2D eigenvalue weighted by atomic mass is 9.99. The highest BCUT2D eigenvalue weighted by Crippen LogP contribution is 2.41. The van der Waals surface area contributed by atoms with Crippen LogP contribution in [0.2, 0.25) is 0 Å². The second-order valence-corrected chi connectivity index (χ2v) is 7.94. The van der Waals surface area contributed by atoms with Crippen LogP contribution in [0.15, 0.2) is 79.0 Å². The summed E-state index contributed by atoms with van der Waals surface area (Å²) in [5, 5.41) is 8.81. The van der Waals surface area contributed by atoms with E-state index in [0.29, 0.717) is 23.6 Å². The first kappa shape index (κ1) is 20.2. The van der Waals surface area contributed by atoms with Gasteiger partial charge in [0.25, 0.3) is 0 Å². The van der Waals surface area contributed by atoms with Crippen LogP contribution in [-0.2, 0) is 11.3 Å². The second kappa shape index (κ2) is 8.40. The van der Waals surface area contributed by atoms with Crippen molar-refractivity contribution < 1.29 is 14.3 Å². The normalized spacial score (nSPS) is 17.2. The summed E-state index contributed by atoms with van der Waals surface area (Å²) in [4.78, 5) is 14.8. The summed E-state index contributed by atoms with van der Waals surface area (Å²) in [6.07, 6.45) is 0.665. The molecule has 160 valence electrons. The van der Waals surface area contributed by atoms with Crippen LogP contribution in [-0.4, -0.2) is 26.9 Å². The van der Waals surface area contributed by atoms with Crippen molar-refractivity contribution in [1.29, 1.82) is 0 Å². The minimum Gasteiger partial charge on any atom is -0.488 e. The molecular formula is C26H23N3O3. The van der Waals surface area contributed by atoms with Crippen molar-refractivity contribution in [2.75, 3.05) is 0 Å². The fourth-order valence-electron chi connectivity index (χ4n) is 3.62. The van der Waals surface area contributed by atoms with Crippen molar-refractivity contribution in [3.8, 4) is 11.4 Å². The molecule has 1 fully saturated rings. The van der Waals surface area contributed by atoms with Gasteiger partial charge >= 0.3 is 0 Å². The van der Waals surface area contributed by atoms with E-state index in [-0.39, 0.29) is 5.78 Å². The Bertz CT molecular complexity index is 1250. The summed E-state index contributed by atoms with van der Waals surface area (Å²) in [6.45, 7) is 4.39. The van der Waals surface area contributed by atoms with Gasteiger partial charge < -0.3 is 9.47 Å². The fourth-order valence-corrected chi connectivity index (χ4v) is 3.62. The molecule has 5 rings (SSSR count). The number of para-hydroxylation sites is 1. The molecule has 0 N–H and O–H groups in total. The SMILES string of the molecule is Cc1cc(OCc2ccccc2)c(C(=O)[C@@H]2O[C@@H]2c2cnn(-c3ccccc3)n2)cc1C. The highest BCUT2D eigenvalue weighted by atomic mass is 16.6. The lowest BCUT2D eigenvalue weighted by molar-refractivity contribution is 0.0949. The van der Waals surface area contributed by atoms with Crippen molar-refractivity contribution >= 4 is 5.78 Å². The van der Waals surface area contributed by atoms with Crippen LogP contribution in [0, 0.1) is 13.8 Å². The van der Waals surface area contributed by atoms with Gasteiger partial charge in [-0.05, 0) is 54.8 Å². The van der Waals surface area contributed by atoms with Crippen molar-refractivity contribution in [2.45, 2.75) is 32.7 Å². The Balaban J connectivity index is 1.35. The Labute approximate surface area is 186 Å². The van der Waals surface area contributed by atoms with Gasteiger partial charge in [-0.2, -0.15) is 15.0 Å². The van der Waals surface area contributed by atoms with Gasteiger partial charge in [-0.15, -0.1) is 0 Å². The third kappa shape index (κ3) is 4.05. The summed E-state index contributed by atoms with van der Waals surface area (Å²) in [5.74, 6) is 0.472. The van der Waals surface area contributed by atoms with Gasteiger partial charge in [-0.1, -0.05) is 48.5 Å². The monoisotopic (exact) mass is 425 g/mol. The number of rotatable bonds is 7. The molecule has 0 saturated carbocycles. The van der Waals surface area contributed by atoms with Crippen LogP contribution in [0.25, 0.3) is 5.69 Å². The van der Waals surface area contributed by atoms with Gasteiger partial charge in [0.15, 0.2) is 11.9 Å². The molecule has 0 radical (unpaired) electrons. The lowest BCUT2D eigenvalue weighted by Gasteiger charge is -2.13. The molecule has 1 aromatic heterocycles. The molecule has 1 aliphatic heterocycles. The topological polar surface area (TPSA) is 69.5 Å². The molecule has 0 aliphatic carbocycles. The van der Waals surface area contributed by atoms with E-state index in [2.05, 4.69) is 10.2 Å². The Morgan fingerprint density at radius 2 is 1.69 bits per heavy atom. The highest BCUT2D eigenvalue weighted by molar-refractivity contribution is 6.03. The molecule has 6 nitrogen and oxygen atoms in total. The zero-order valence-corrected chi connectivity index (χ0v) is 17.9. The number of aromatic nitrogens is 3. The highest BCUT2D eigenvalue weighted by Gasteiger charge is 2.48. The lowest BCUT2D eigenvalue weighted by Crippen LogP contribution is -2.12. The maximum absolute atomic E-state index is 13.3. The van der Waals surface area contributed by atoms with Crippen LogP contribution in [0.5, 0.6) is 5.75 Å². The van der Waals surface area contributed by atoms with E-state index in [0.717, 1.165) is 22.4 Å². The molecule has 2 atom stereocenters. The Kier molecular flexibility index (Phi) is 5.29. The summed E-state index contributed by atoms with van der Waals surface area (Å²) in [7, 11) is 0. The molecule has 1 saturated heterocycles. The third-order valence-electron chi connectivity index (χ3n) is 5.64. The number of hydrogen-bond donors (Lipinski definition) is 0. The van der Waals surface area contributed by atoms with Gasteiger partial charge in [-0.25, -0.2) is 0 Å². The Morgan fingerprint density at radius 3 is 2.44 bits per heavy atom. The molecule has 0 unspecified atom stereocenters. The molecule has 0 spiro atoms. The van der Waals surface area contributed by atoms with Crippen molar-refractivity contribution in [1.82, 2.24) is 15.0 Å². The number of epoxide rings is 1. The van der Waals surface area contributed by atoms with Crippen LogP contribution in [0.4, 0.5) is 0 Å². The van der Waals surface area contributed by atoms with Gasteiger partial charge in [0.2, 0.25) is 0 Å². The van der Waals surface area contributed by atoms with Crippen LogP contribution < -0.4 is 4.74 Å². The van der Waals surface area contributed by atoms with E-state index in [4.69, 9.17) is 9.47 Å². The minimum atomic E-state index is -0.586. The van der Waals surface area contributed by atoms with Crippen molar-refractivity contribution in [3.05, 3.63) is 107 Å². The van der Waals surface area contributed by atoms with Crippen LogP contribution in [0.3, 0.4) is 0 Å². The number of carbonyl (C=O) groups excluding carboxylic acids is 1.